The van der Waals surface area contributed by atoms with Gasteiger partial charge in [-0.15, -0.1) is 0 Å². The molecule has 2 aliphatic rings. The fraction of sp³-hybridized carbons (Fsp3) is 0.321. The Morgan fingerprint density at radius 1 is 1.12 bits per heavy atom. The second-order valence-electron chi connectivity index (χ2n) is 10.6. The van der Waals surface area contributed by atoms with Gasteiger partial charge < -0.3 is 9.88 Å². The zero-order chi connectivity index (χ0) is 22.8. The molecule has 5 nitrogen and oxygen atoms in total. The second-order valence-corrected chi connectivity index (χ2v) is 10.6. The first kappa shape index (κ1) is 20.2. The van der Waals surface area contributed by atoms with Crippen LogP contribution in [0.5, 0.6) is 0 Å². The maximum absolute atomic E-state index is 12.9. The molecule has 0 bridgehead atoms. The maximum Gasteiger partial charge on any atom is 0.171 e. The van der Waals surface area contributed by atoms with Gasteiger partial charge in [0, 0.05) is 41.4 Å². The van der Waals surface area contributed by atoms with Crippen molar-refractivity contribution in [3.05, 3.63) is 78.1 Å². The number of piperidine rings is 1. The topological polar surface area (TPSA) is 61.9 Å². The Balaban J connectivity index is 1.31. The molecule has 166 valence electrons. The van der Waals surface area contributed by atoms with Gasteiger partial charge >= 0.3 is 0 Å². The summed E-state index contributed by atoms with van der Waals surface area (Å²) < 4.78 is 0. The summed E-state index contributed by atoms with van der Waals surface area (Å²) in [6.45, 7) is 7.93. The molecule has 6 rings (SSSR count). The fourth-order valence-electron chi connectivity index (χ4n) is 5.37. The minimum Gasteiger partial charge on any atom is -0.370 e. The van der Waals surface area contributed by atoms with E-state index in [9.17, 15) is 4.79 Å². The van der Waals surface area contributed by atoms with Gasteiger partial charge in [-0.25, -0.2) is 9.97 Å². The van der Waals surface area contributed by atoms with Gasteiger partial charge in [-0.1, -0.05) is 63.2 Å². The number of anilines is 1. The van der Waals surface area contributed by atoms with E-state index >= 15 is 0 Å². The molecule has 3 heterocycles. The predicted octanol–water partition coefficient (Wildman–Crippen LogP) is 5.63. The van der Waals surface area contributed by atoms with Gasteiger partial charge in [-0.2, -0.15) is 0 Å². The van der Waals surface area contributed by atoms with E-state index in [1.807, 2.05) is 20.8 Å². The van der Waals surface area contributed by atoms with Gasteiger partial charge in [-0.3, -0.25) is 4.79 Å². The number of Topliss-reactive ketones (excluding diaryl/α,β-unsaturated/α-hetero) is 1. The van der Waals surface area contributed by atoms with Crippen LogP contribution in [0.1, 0.15) is 43.1 Å². The quantitative estimate of drug-likeness (QED) is 0.421. The van der Waals surface area contributed by atoms with E-state index in [4.69, 9.17) is 4.98 Å². The van der Waals surface area contributed by atoms with Crippen molar-refractivity contribution < 1.29 is 4.79 Å². The van der Waals surface area contributed by atoms with Crippen molar-refractivity contribution in [3.8, 4) is 11.3 Å². The van der Waals surface area contributed by atoms with Crippen LogP contribution in [-0.4, -0.2) is 33.8 Å². The average Bonchev–Trinajstić information content (AvgIpc) is 3.17. The Morgan fingerprint density at radius 3 is 2.73 bits per heavy atom. The summed E-state index contributed by atoms with van der Waals surface area (Å²) in [6.07, 6.45) is 4.81. The number of rotatable bonds is 4. The number of carbonyl (C=O) groups excluding carboxylic acids is 1. The molecule has 0 amide bonds. The van der Waals surface area contributed by atoms with Crippen molar-refractivity contribution in [2.24, 2.45) is 11.3 Å². The number of hydrogen-bond donors (Lipinski definition) is 1. The highest BCUT2D eigenvalue weighted by atomic mass is 16.1. The van der Waals surface area contributed by atoms with Crippen molar-refractivity contribution >= 4 is 22.6 Å². The number of ketones is 1. The molecule has 1 unspecified atom stereocenters. The smallest absolute Gasteiger partial charge is 0.171 e. The molecule has 1 saturated heterocycles. The highest BCUT2D eigenvalue weighted by molar-refractivity contribution is 6.08. The van der Waals surface area contributed by atoms with E-state index in [-0.39, 0.29) is 5.78 Å². The van der Waals surface area contributed by atoms with Crippen LogP contribution in [0.25, 0.3) is 22.4 Å². The van der Waals surface area contributed by atoms with Crippen LogP contribution in [0.3, 0.4) is 0 Å². The molecular weight excluding hydrogens is 408 g/mol. The number of benzene rings is 2. The Labute approximate surface area is 193 Å². The number of aromatic nitrogens is 3. The van der Waals surface area contributed by atoms with Gasteiger partial charge in [0.1, 0.15) is 5.52 Å². The van der Waals surface area contributed by atoms with Crippen molar-refractivity contribution in [1.82, 2.24) is 15.0 Å². The second kappa shape index (κ2) is 7.01. The van der Waals surface area contributed by atoms with Crippen LogP contribution in [0.15, 0.2) is 67.0 Å². The monoisotopic (exact) mass is 436 g/mol. The number of aromatic amines is 1. The van der Waals surface area contributed by atoms with Crippen LogP contribution in [0, 0.1) is 11.3 Å². The molecule has 1 saturated carbocycles. The molecule has 2 aromatic carbocycles. The van der Waals surface area contributed by atoms with Crippen LogP contribution in [0.2, 0.25) is 0 Å². The van der Waals surface area contributed by atoms with Crippen molar-refractivity contribution in [1.29, 1.82) is 0 Å². The van der Waals surface area contributed by atoms with Crippen molar-refractivity contribution in [3.63, 3.8) is 0 Å². The SMILES string of the molecule is CC(C)(C)C(=O)c1c[nH]c2ncc(-c3cccc(N4CC5C[C@]5(c5ccccc5)C4)c3)nc12. The summed E-state index contributed by atoms with van der Waals surface area (Å²) in [6, 6.07) is 19.5. The van der Waals surface area contributed by atoms with Crippen molar-refractivity contribution in [2.45, 2.75) is 32.6 Å². The van der Waals surface area contributed by atoms with Gasteiger partial charge in [-0.05, 0) is 30.0 Å². The summed E-state index contributed by atoms with van der Waals surface area (Å²) in [4.78, 5) is 27.9. The lowest BCUT2D eigenvalue weighted by Crippen LogP contribution is -2.26. The van der Waals surface area contributed by atoms with E-state index in [0.29, 0.717) is 22.1 Å². The van der Waals surface area contributed by atoms with Gasteiger partial charge in [0.25, 0.3) is 0 Å². The van der Waals surface area contributed by atoms with E-state index in [1.165, 1.54) is 17.7 Å². The van der Waals surface area contributed by atoms with Crippen molar-refractivity contribution in [2.75, 3.05) is 18.0 Å². The standard InChI is InChI=1S/C28H28N4O/c1-27(2,3)25(33)22-14-29-26-24(22)31-23(15-30-26)18-8-7-11-21(12-18)32-16-20-13-28(20,17-32)19-9-5-4-6-10-19/h4-12,14-15,20H,13,16-17H2,1-3H3,(H,29,30)/t20?,28-/m1/s1. The molecule has 4 aromatic rings. The Kier molecular flexibility index (Phi) is 4.28. The lowest BCUT2D eigenvalue weighted by atomic mass is 9.87. The summed E-state index contributed by atoms with van der Waals surface area (Å²) in [5, 5.41) is 0. The number of carbonyl (C=O) groups is 1. The van der Waals surface area contributed by atoms with Gasteiger partial charge in [0.05, 0.1) is 17.5 Å². The number of nitrogens with one attached hydrogen (secondary N) is 1. The average molecular weight is 437 g/mol. The Bertz CT molecular complexity index is 1370. The lowest BCUT2D eigenvalue weighted by molar-refractivity contribution is 0.0860. The highest BCUT2D eigenvalue weighted by Gasteiger charge is 2.60. The van der Waals surface area contributed by atoms with Crippen LogP contribution in [0.4, 0.5) is 5.69 Å². The normalized spacial score (nSPS) is 21.9. The largest absolute Gasteiger partial charge is 0.370 e. The molecule has 33 heavy (non-hydrogen) atoms. The number of fused-ring (bicyclic) bond motifs is 2. The first-order valence-corrected chi connectivity index (χ1v) is 11.6. The molecule has 2 aromatic heterocycles. The third-order valence-corrected chi connectivity index (χ3v) is 7.31. The predicted molar refractivity (Wildman–Crippen MR) is 132 cm³/mol. The fourth-order valence-corrected chi connectivity index (χ4v) is 5.37. The third kappa shape index (κ3) is 3.26. The number of H-pyrrole nitrogens is 1. The molecule has 0 radical (unpaired) electrons. The molecule has 2 fully saturated rings. The molecular formula is C28H28N4O. The summed E-state index contributed by atoms with van der Waals surface area (Å²) in [5.74, 6) is 0.793. The zero-order valence-corrected chi connectivity index (χ0v) is 19.3. The zero-order valence-electron chi connectivity index (χ0n) is 19.3. The Morgan fingerprint density at radius 2 is 1.94 bits per heavy atom. The Hall–Kier alpha value is -3.47. The van der Waals surface area contributed by atoms with Gasteiger partial charge in [0.2, 0.25) is 0 Å². The van der Waals surface area contributed by atoms with E-state index in [1.54, 1.807) is 12.4 Å². The summed E-state index contributed by atoms with van der Waals surface area (Å²) in [5.41, 5.74) is 6.22. The minimum atomic E-state index is -0.474. The highest BCUT2D eigenvalue weighted by Crippen LogP contribution is 2.59. The molecule has 1 aliphatic heterocycles. The molecule has 0 spiro atoms. The van der Waals surface area contributed by atoms with Crippen LogP contribution in [-0.2, 0) is 5.41 Å². The first-order valence-electron chi connectivity index (χ1n) is 11.6. The lowest BCUT2D eigenvalue weighted by Gasteiger charge is -2.24. The van der Waals surface area contributed by atoms with E-state index < -0.39 is 5.41 Å². The summed E-state index contributed by atoms with van der Waals surface area (Å²) >= 11 is 0. The third-order valence-electron chi connectivity index (χ3n) is 7.31. The van der Waals surface area contributed by atoms with E-state index in [2.05, 4.69) is 69.5 Å². The van der Waals surface area contributed by atoms with E-state index in [0.717, 1.165) is 30.3 Å². The summed E-state index contributed by atoms with van der Waals surface area (Å²) in [7, 11) is 0. The molecule has 2 atom stereocenters. The maximum atomic E-state index is 12.9. The van der Waals surface area contributed by atoms with Gasteiger partial charge in [0.15, 0.2) is 11.4 Å². The molecule has 5 heteroatoms. The molecule has 1 aliphatic carbocycles. The number of hydrogen-bond acceptors (Lipinski definition) is 4. The first-order chi connectivity index (χ1) is 15.8. The van der Waals surface area contributed by atoms with Crippen LogP contribution >= 0.6 is 0 Å². The number of nitrogens with zero attached hydrogens (tertiary/aromatic N) is 3. The van der Waals surface area contributed by atoms with Crippen LogP contribution < -0.4 is 4.90 Å². The minimum absolute atomic E-state index is 0.0662. The molecule has 1 N–H and O–H groups in total.